The molecule has 7 nitrogen and oxygen atoms in total. The number of hydrogen-bond donors (Lipinski definition) is 1. The van der Waals surface area contributed by atoms with E-state index in [4.69, 9.17) is 15.2 Å². The van der Waals surface area contributed by atoms with Gasteiger partial charge in [-0.1, -0.05) is 30.3 Å². The van der Waals surface area contributed by atoms with Crippen LogP contribution in [0.5, 0.6) is 6.01 Å². The highest BCUT2D eigenvalue weighted by atomic mass is 79.9. The zero-order chi connectivity index (χ0) is 17.1. The van der Waals surface area contributed by atoms with Crippen molar-refractivity contribution in [2.24, 2.45) is 0 Å². The number of halogens is 2. The van der Waals surface area contributed by atoms with Gasteiger partial charge in [-0.3, -0.25) is 4.57 Å². The molecule has 0 fully saturated rings. The summed E-state index contributed by atoms with van der Waals surface area (Å²) in [6, 6.07) is 8.76. The molecule has 1 aromatic carbocycles. The molecule has 9 heteroatoms. The molecule has 0 aliphatic heterocycles. The van der Waals surface area contributed by atoms with E-state index in [9.17, 15) is 4.39 Å². The number of alkyl halides is 1. The van der Waals surface area contributed by atoms with Crippen molar-refractivity contribution in [2.45, 2.75) is 6.30 Å². The van der Waals surface area contributed by atoms with Gasteiger partial charge in [-0.05, 0) is 15.9 Å². The van der Waals surface area contributed by atoms with E-state index in [1.165, 1.54) is 4.57 Å². The largest absolute Gasteiger partial charge is 0.461 e. The Balaban J connectivity index is 2.05. The molecule has 0 spiro atoms. The van der Waals surface area contributed by atoms with Gasteiger partial charge in [0.2, 0.25) is 6.30 Å². The molecule has 3 aromatic rings. The van der Waals surface area contributed by atoms with Crippen LogP contribution in [0.25, 0.3) is 11.2 Å². The van der Waals surface area contributed by atoms with E-state index < -0.39 is 6.30 Å². The number of anilines is 1. The molecule has 0 radical (unpaired) electrons. The molecule has 0 aliphatic carbocycles. The van der Waals surface area contributed by atoms with Gasteiger partial charge in [-0.25, -0.2) is 9.37 Å². The minimum atomic E-state index is -1.48. The fraction of sp³-hybridized carbons (Fsp3) is 0.267. The van der Waals surface area contributed by atoms with Gasteiger partial charge in [-0.2, -0.15) is 9.97 Å². The molecular weight excluding hydrogens is 381 g/mol. The Bertz CT molecular complexity index is 843. The number of hydrogen-bond acceptors (Lipinski definition) is 6. The molecule has 2 aromatic heterocycles. The number of fused-ring (bicyclic) bond motifs is 1. The number of ether oxygens (including phenoxy) is 2. The quantitative estimate of drug-likeness (QED) is 0.509. The highest BCUT2D eigenvalue weighted by Crippen LogP contribution is 2.31. The van der Waals surface area contributed by atoms with E-state index in [1.807, 2.05) is 6.07 Å². The highest BCUT2D eigenvalue weighted by Gasteiger charge is 2.22. The fourth-order valence-corrected chi connectivity index (χ4v) is 2.72. The van der Waals surface area contributed by atoms with Crippen molar-refractivity contribution in [3.05, 3.63) is 40.6 Å². The minimum absolute atomic E-state index is 0.0472. The standard InChI is InChI=1S/C15H15BrFN5O2/c1-23-7-8-24-15-20-12(18)10-13(21-15)22(14(16)19-10)11(17)9-5-3-2-4-6-9/h2-6,11H,7-8H2,1H3,(H2,18,20,21). The van der Waals surface area contributed by atoms with Crippen LogP contribution in [0.2, 0.25) is 0 Å². The SMILES string of the molecule is COCCOc1nc(N)c2nc(Br)n(C(F)c3ccccc3)c2n1. The van der Waals surface area contributed by atoms with Crippen molar-refractivity contribution < 1.29 is 13.9 Å². The van der Waals surface area contributed by atoms with Crippen molar-refractivity contribution in [3.8, 4) is 6.01 Å². The molecule has 2 N–H and O–H groups in total. The monoisotopic (exact) mass is 395 g/mol. The number of nitrogens with zero attached hydrogens (tertiary/aromatic N) is 4. The molecule has 0 bridgehead atoms. The summed E-state index contributed by atoms with van der Waals surface area (Å²) in [5, 5.41) is 0. The summed E-state index contributed by atoms with van der Waals surface area (Å²) in [4.78, 5) is 12.5. The maximum absolute atomic E-state index is 15.0. The number of benzene rings is 1. The third kappa shape index (κ3) is 3.17. The third-order valence-corrected chi connectivity index (χ3v) is 3.88. The van der Waals surface area contributed by atoms with Gasteiger partial charge in [0.15, 0.2) is 21.7 Å². The first kappa shape index (κ1) is 16.6. The first-order valence-corrected chi connectivity index (χ1v) is 7.93. The van der Waals surface area contributed by atoms with Crippen LogP contribution < -0.4 is 10.5 Å². The van der Waals surface area contributed by atoms with E-state index in [0.717, 1.165) is 0 Å². The van der Waals surface area contributed by atoms with E-state index in [0.29, 0.717) is 17.7 Å². The Morgan fingerprint density at radius 1 is 1.21 bits per heavy atom. The van der Waals surface area contributed by atoms with Crippen LogP contribution in [0.15, 0.2) is 35.1 Å². The second-order valence-electron chi connectivity index (χ2n) is 4.90. The first-order chi connectivity index (χ1) is 11.6. The lowest BCUT2D eigenvalue weighted by Gasteiger charge is -2.12. The van der Waals surface area contributed by atoms with E-state index in [-0.39, 0.29) is 28.8 Å². The van der Waals surface area contributed by atoms with Crippen LogP contribution in [0, 0.1) is 0 Å². The fourth-order valence-electron chi connectivity index (χ4n) is 2.19. The number of methoxy groups -OCH3 is 1. The Morgan fingerprint density at radius 2 is 1.96 bits per heavy atom. The summed E-state index contributed by atoms with van der Waals surface area (Å²) in [6.07, 6.45) is -1.48. The van der Waals surface area contributed by atoms with Gasteiger partial charge in [0, 0.05) is 12.7 Å². The molecular formula is C15H15BrFN5O2. The zero-order valence-corrected chi connectivity index (χ0v) is 14.4. The van der Waals surface area contributed by atoms with Gasteiger partial charge in [0.1, 0.15) is 6.61 Å². The Labute approximate surface area is 145 Å². The number of rotatable bonds is 6. The summed E-state index contributed by atoms with van der Waals surface area (Å²) in [5.74, 6) is 0.118. The highest BCUT2D eigenvalue weighted by molar-refractivity contribution is 9.10. The Hall–Kier alpha value is -2.26. The molecule has 1 atom stereocenters. The van der Waals surface area contributed by atoms with Gasteiger partial charge in [0.25, 0.3) is 0 Å². The van der Waals surface area contributed by atoms with E-state index in [2.05, 4.69) is 30.9 Å². The zero-order valence-electron chi connectivity index (χ0n) is 12.8. The smallest absolute Gasteiger partial charge is 0.320 e. The van der Waals surface area contributed by atoms with Crippen molar-refractivity contribution >= 4 is 32.9 Å². The number of imidazole rings is 1. The minimum Gasteiger partial charge on any atom is -0.461 e. The van der Waals surface area contributed by atoms with Crippen LogP contribution in [-0.4, -0.2) is 39.8 Å². The summed E-state index contributed by atoms with van der Waals surface area (Å²) in [6.45, 7) is 0.633. The Morgan fingerprint density at radius 3 is 2.67 bits per heavy atom. The Kier molecular flexibility index (Phi) is 4.91. The van der Waals surface area contributed by atoms with Crippen LogP contribution in [0.1, 0.15) is 11.9 Å². The van der Waals surface area contributed by atoms with Gasteiger partial charge in [-0.15, -0.1) is 0 Å². The third-order valence-electron chi connectivity index (χ3n) is 3.32. The molecule has 1 unspecified atom stereocenters. The van der Waals surface area contributed by atoms with Crippen LogP contribution in [-0.2, 0) is 4.74 Å². The van der Waals surface area contributed by atoms with E-state index in [1.54, 1.807) is 31.4 Å². The predicted molar refractivity (Wildman–Crippen MR) is 90.5 cm³/mol. The maximum atomic E-state index is 15.0. The average molecular weight is 396 g/mol. The molecule has 3 rings (SSSR count). The molecule has 126 valence electrons. The van der Waals surface area contributed by atoms with Crippen molar-refractivity contribution in [1.82, 2.24) is 19.5 Å². The number of aromatic nitrogens is 4. The molecule has 0 amide bonds. The van der Waals surface area contributed by atoms with Crippen LogP contribution >= 0.6 is 15.9 Å². The summed E-state index contributed by atoms with van der Waals surface area (Å²) >= 11 is 3.26. The second kappa shape index (κ2) is 7.10. The van der Waals surface area contributed by atoms with Crippen LogP contribution in [0.3, 0.4) is 0 Å². The average Bonchev–Trinajstić information content (AvgIpc) is 2.92. The molecule has 24 heavy (non-hydrogen) atoms. The lowest BCUT2D eigenvalue weighted by atomic mass is 10.2. The summed E-state index contributed by atoms with van der Waals surface area (Å²) in [7, 11) is 1.56. The predicted octanol–water partition coefficient (Wildman–Crippen LogP) is 2.71. The molecule has 0 saturated carbocycles. The summed E-state index contributed by atoms with van der Waals surface area (Å²) < 4.78 is 26.8. The van der Waals surface area contributed by atoms with Crippen molar-refractivity contribution in [3.63, 3.8) is 0 Å². The topological polar surface area (TPSA) is 88.1 Å². The summed E-state index contributed by atoms with van der Waals surface area (Å²) in [5.41, 5.74) is 6.92. The normalized spacial score (nSPS) is 12.5. The number of nitrogens with two attached hydrogens (primary N) is 1. The van der Waals surface area contributed by atoms with Gasteiger partial charge in [0.05, 0.1) is 6.61 Å². The van der Waals surface area contributed by atoms with Crippen molar-refractivity contribution in [1.29, 1.82) is 0 Å². The maximum Gasteiger partial charge on any atom is 0.320 e. The second-order valence-corrected chi connectivity index (χ2v) is 5.61. The van der Waals surface area contributed by atoms with Gasteiger partial charge < -0.3 is 15.2 Å². The molecule has 2 heterocycles. The first-order valence-electron chi connectivity index (χ1n) is 7.13. The molecule has 0 saturated heterocycles. The van der Waals surface area contributed by atoms with E-state index >= 15 is 0 Å². The van der Waals surface area contributed by atoms with Gasteiger partial charge >= 0.3 is 6.01 Å². The lowest BCUT2D eigenvalue weighted by molar-refractivity contribution is 0.141. The molecule has 0 aliphatic rings. The number of nitrogen functional groups attached to an aromatic ring is 1. The van der Waals surface area contributed by atoms with Crippen LogP contribution in [0.4, 0.5) is 10.2 Å². The van der Waals surface area contributed by atoms with Crippen molar-refractivity contribution in [2.75, 3.05) is 26.1 Å². The lowest BCUT2D eigenvalue weighted by Crippen LogP contribution is -2.10.